The summed E-state index contributed by atoms with van der Waals surface area (Å²) in [5.74, 6) is -1.69. The largest absolute Gasteiger partial charge is 0.479 e. The average molecular weight is 348 g/mol. The molecule has 144 valence electrons. The minimum atomic E-state index is -1.23. The predicted molar refractivity (Wildman–Crippen MR) is 93.8 cm³/mol. The van der Waals surface area contributed by atoms with Crippen molar-refractivity contribution in [2.24, 2.45) is 0 Å². The molecule has 0 saturated heterocycles. The molecule has 24 heavy (non-hydrogen) atoms. The zero-order chi connectivity index (χ0) is 18.8. The molecule has 0 aromatic rings. The van der Waals surface area contributed by atoms with Crippen LogP contribution in [0.4, 0.5) is 0 Å². The quantitative estimate of drug-likeness (QED) is 0.348. The van der Waals surface area contributed by atoms with Crippen molar-refractivity contribution < 1.29 is 29.6 Å². The van der Waals surface area contributed by atoms with Gasteiger partial charge in [0.05, 0.1) is 6.61 Å². The Bertz CT molecular complexity index is 302. The summed E-state index contributed by atoms with van der Waals surface area (Å²) in [6.45, 7) is 5.31. The van der Waals surface area contributed by atoms with Gasteiger partial charge < -0.3 is 20.1 Å². The standard InChI is InChI=1S/C15H30O3.C3H6O3/c1-3-4-5-6-7-8-9-10-11-12-13-18-15(17)14(2)16;1-2(4)3(5)6/h14,16H,3-13H2,1-2H3;2,4H,1H3,(H,5,6). The maximum absolute atomic E-state index is 10.9. The first-order valence-electron chi connectivity index (χ1n) is 9.08. The summed E-state index contributed by atoms with van der Waals surface area (Å²) < 4.78 is 4.89. The fourth-order valence-electron chi connectivity index (χ4n) is 1.88. The number of aliphatic hydroxyl groups is 2. The Hall–Kier alpha value is -1.14. The SMILES string of the molecule is CC(O)C(=O)O.CCCCCCCCCCCCOC(=O)C(C)O. The third kappa shape index (κ3) is 20.9. The molecule has 2 atom stereocenters. The fourth-order valence-corrected chi connectivity index (χ4v) is 1.88. The van der Waals surface area contributed by atoms with Crippen LogP contribution in [0.3, 0.4) is 0 Å². The first-order chi connectivity index (χ1) is 11.3. The van der Waals surface area contributed by atoms with Gasteiger partial charge in [-0.3, -0.25) is 0 Å². The lowest BCUT2D eigenvalue weighted by molar-refractivity contribution is -0.152. The third-order valence-corrected chi connectivity index (χ3v) is 3.44. The molecule has 6 nitrogen and oxygen atoms in total. The van der Waals surface area contributed by atoms with Crippen molar-refractivity contribution in [2.45, 2.75) is 97.2 Å². The van der Waals surface area contributed by atoms with Crippen LogP contribution in [0.2, 0.25) is 0 Å². The van der Waals surface area contributed by atoms with E-state index in [4.69, 9.17) is 20.1 Å². The molecule has 0 aliphatic rings. The van der Waals surface area contributed by atoms with Crippen LogP contribution >= 0.6 is 0 Å². The maximum atomic E-state index is 10.9. The van der Waals surface area contributed by atoms with Gasteiger partial charge in [0, 0.05) is 0 Å². The monoisotopic (exact) mass is 348 g/mol. The van der Waals surface area contributed by atoms with Gasteiger partial charge in [-0.2, -0.15) is 0 Å². The molecular formula is C18H36O6. The molecule has 0 bridgehead atoms. The van der Waals surface area contributed by atoms with Crippen molar-refractivity contribution in [3.05, 3.63) is 0 Å². The Balaban J connectivity index is 0. The second-order valence-corrected chi connectivity index (χ2v) is 6.04. The van der Waals surface area contributed by atoms with Crippen LogP contribution < -0.4 is 0 Å². The second-order valence-electron chi connectivity index (χ2n) is 6.04. The van der Waals surface area contributed by atoms with Crippen LogP contribution in [-0.2, 0) is 14.3 Å². The lowest BCUT2D eigenvalue weighted by atomic mass is 10.1. The molecule has 0 heterocycles. The van der Waals surface area contributed by atoms with Gasteiger partial charge in [-0.05, 0) is 20.3 Å². The van der Waals surface area contributed by atoms with Crippen molar-refractivity contribution in [1.29, 1.82) is 0 Å². The second kappa shape index (κ2) is 18.2. The highest BCUT2D eigenvalue weighted by molar-refractivity contribution is 5.73. The van der Waals surface area contributed by atoms with Crippen LogP contribution in [0.15, 0.2) is 0 Å². The average Bonchev–Trinajstić information content (AvgIpc) is 2.52. The zero-order valence-corrected chi connectivity index (χ0v) is 15.5. The number of carbonyl (C=O) groups is 2. The Morgan fingerprint density at radius 2 is 1.17 bits per heavy atom. The van der Waals surface area contributed by atoms with E-state index in [0.717, 1.165) is 12.8 Å². The van der Waals surface area contributed by atoms with Crippen molar-refractivity contribution >= 4 is 11.9 Å². The molecular weight excluding hydrogens is 312 g/mol. The number of aliphatic carboxylic acids is 1. The highest BCUT2D eigenvalue weighted by atomic mass is 16.5. The first-order valence-corrected chi connectivity index (χ1v) is 9.08. The molecule has 0 aromatic heterocycles. The number of ether oxygens (including phenoxy) is 1. The molecule has 6 heteroatoms. The summed E-state index contributed by atoms with van der Waals surface area (Å²) in [5.41, 5.74) is 0. The number of hydrogen-bond acceptors (Lipinski definition) is 5. The van der Waals surface area contributed by atoms with Gasteiger partial charge in [-0.15, -0.1) is 0 Å². The Morgan fingerprint density at radius 1 is 0.792 bits per heavy atom. The molecule has 0 spiro atoms. The van der Waals surface area contributed by atoms with Gasteiger partial charge in [-0.25, -0.2) is 9.59 Å². The van der Waals surface area contributed by atoms with E-state index in [1.54, 1.807) is 0 Å². The van der Waals surface area contributed by atoms with Crippen LogP contribution in [0.25, 0.3) is 0 Å². The first kappa shape index (κ1) is 25.1. The van der Waals surface area contributed by atoms with E-state index in [0.29, 0.717) is 6.61 Å². The van der Waals surface area contributed by atoms with E-state index in [1.165, 1.54) is 65.2 Å². The molecule has 0 rings (SSSR count). The highest BCUT2D eigenvalue weighted by Gasteiger charge is 2.08. The van der Waals surface area contributed by atoms with Crippen molar-refractivity contribution in [3.63, 3.8) is 0 Å². The Morgan fingerprint density at radius 3 is 1.50 bits per heavy atom. The van der Waals surface area contributed by atoms with Gasteiger partial charge in [0.1, 0.15) is 12.2 Å². The molecule has 0 amide bonds. The van der Waals surface area contributed by atoms with Crippen LogP contribution in [0.1, 0.15) is 85.0 Å². The minimum absolute atomic E-state index is 0.445. The van der Waals surface area contributed by atoms with E-state index >= 15 is 0 Å². The van der Waals surface area contributed by atoms with Crippen LogP contribution in [0.5, 0.6) is 0 Å². The third-order valence-electron chi connectivity index (χ3n) is 3.44. The van der Waals surface area contributed by atoms with Gasteiger partial charge >= 0.3 is 11.9 Å². The molecule has 0 aliphatic carbocycles. The fraction of sp³-hybridized carbons (Fsp3) is 0.889. The van der Waals surface area contributed by atoms with E-state index in [9.17, 15) is 9.59 Å². The summed E-state index contributed by atoms with van der Waals surface area (Å²) in [7, 11) is 0. The predicted octanol–water partition coefficient (Wildman–Crippen LogP) is 3.28. The number of rotatable bonds is 13. The normalized spacial score (nSPS) is 12.7. The summed E-state index contributed by atoms with van der Waals surface area (Å²) in [6, 6.07) is 0. The highest BCUT2D eigenvalue weighted by Crippen LogP contribution is 2.10. The number of hydrogen-bond donors (Lipinski definition) is 3. The van der Waals surface area contributed by atoms with Crippen LogP contribution in [0, 0.1) is 0 Å². The van der Waals surface area contributed by atoms with E-state index in [1.807, 2.05) is 0 Å². The minimum Gasteiger partial charge on any atom is -0.479 e. The summed E-state index contributed by atoms with van der Waals surface area (Å²) in [5, 5.41) is 24.7. The molecule has 0 radical (unpaired) electrons. The van der Waals surface area contributed by atoms with Crippen molar-refractivity contribution in [1.82, 2.24) is 0 Å². The summed E-state index contributed by atoms with van der Waals surface area (Å²) in [4.78, 5) is 20.4. The zero-order valence-electron chi connectivity index (χ0n) is 15.5. The molecule has 3 N–H and O–H groups in total. The smallest absolute Gasteiger partial charge is 0.334 e. The van der Waals surface area contributed by atoms with Gasteiger partial charge in [0.15, 0.2) is 0 Å². The topological polar surface area (TPSA) is 104 Å². The van der Waals surface area contributed by atoms with Gasteiger partial charge in [0.25, 0.3) is 0 Å². The lowest BCUT2D eigenvalue weighted by Crippen LogP contribution is -2.19. The van der Waals surface area contributed by atoms with E-state index < -0.39 is 24.1 Å². The van der Waals surface area contributed by atoms with Crippen molar-refractivity contribution in [2.75, 3.05) is 6.61 Å². The molecule has 0 fully saturated rings. The summed E-state index contributed by atoms with van der Waals surface area (Å²) >= 11 is 0. The van der Waals surface area contributed by atoms with E-state index in [2.05, 4.69) is 6.92 Å². The lowest BCUT2D eigenvalue weighted by Gasteiger charge is -2.06. The molecule has 2 unspecified atom stereocenters. The Labute approximate surface area is 146 Å². The van der Waals surface area contributed by atoms with Crippen molar-refractivity contribution in [3.8, 4) is 0 Å². The van der Waals surface area contributed by atoms with E-state index in [-0.39, 0.29) is 0 Å². The molecule has 0 aliphatic heterocycles. The number of carbonyl (C=O) groups excluding carboxylic acids is 1. The van der Waals surface area contributed by atoms with Crippen LogP contribution in [-0.4, -0.2) is 46.1 Å². The molecule has 0 aromatic carbocycles. The number of carboxylic acid groups (broad SMARTS) is 1. The number of esters is 1. The number of carboxylic acids is 1. The van der Waals surface area contributed by atoms with Gasteiger partial charge in [-0.1, -0.05) is 64.7 Å². The summed E-state index contributed by atoms with van der Waals surface area (Å²) in [6.07, 6.45) is 10.4. The van der Waals surface area contributed by atoms with Gasteiger partial charge in [0.2, 0.25) is 0 Å². The number of aliphatic hydroxyl groups excluding tert-OH is 2. The maximum Gasteiger partial charge on any atom is 0.334 e. The molecule has 0 saturated carbocycles. The Kier molecular flexibility index (Phi) is 19.0. The number of unbranched alkanes of at least 4 members (excludes halogenated alkanes) is 9.